The fourth-order valence-corrected chi connectivity index (χ4v) is 2.66. The van der Waals surface area contributed by atoms with Gasteiger partial charge in [-0.3, -0.25) is 14.3 Å². The summed E-state index contributed by atoms with van der Waals surface area (Å²) in [7, 11) is 0. The zero-order valence-electron chi connectivity index (χ0n) is 11.0. The van der Waals surface area contributed by atoms with Crippen LogP contribution in [-0.4, -0.2) is 26.8 Å². The Morgan fingerprint density at radius 3 is 2.58 bits per heavy atom. The summed E-state index contributed by atoms with van der Waals surface area (Å²) in [4.78, 5) is 25.7. The van der Waals surface area contributed by atoms with Gasteiger partial charge in [-0.15, -0.1) is 0 Å². The molecule has 0 bridgehead atoms. The molecule has 0 aromatic carbocycles. The Morgan fingerprint density at radius 2 is 2.05 bits per heavy atom. The van der Waals surface area contributed by atoms with Crippen molar-refractivity contribution in [2.75, 3.05) is 17.7 Å². The van der Waals surface area contributed by atoms with Crippen molar-refractivity contribution < 1.29 is 5.11 Å². The van der Waals surface area contributed by atoms with Gasteiger partial charge in [-0.05, 0) is 19.8 Å². The highest BCUT2D eigenvalue weighted by molar-refractivity contribution is 5.61. The molecule has 7 heteroatoms. The van der Waals surface area contributed by atoms with Crippen LogP contribution in [0.4, 0.5) is 11.5 Å². The molecule has 1 aliphatic carbocycles. The Kier molecular flexibility index (Phi) is 3.66. The lowest BCUT2D eigenvalue weighted by Gasteiger charge is -2.29. The van der Waals surface area contributed by atoms with Crippen LogP contribution in [-0.2, 0) is 6.54 Å². The molecule has 1 aliphatic rings. The molecule has 19 heavy (non-hydrogen) atoms. The third-order valence-electron chi connectivity index (χ3n) is 3.81. The van der Waals surface area contributed by atoms with Crippen LogP contribution in [0.1, 0.15) is 32.6 Å². The average molecular weight is 268 g/mol. The van der Waals surface area contributed by atoms with Crippen molar-refractivity contribution in [3.63, 3.8) is 0 Å². The van der Waals surface area contributed by atoms with E-state index >= 15 is 0 Å². The molecule has 1 aromatic rings. The van der Waals surface area contributed by atoms with Gasteiger partial charge in [0.2, 0.25) is 0 Å². The molecule has 0 atom stereocenters. The van der Waals surface area contributed by atoms with Crippen LogP contribution in [0.25, 0.3) is 0 Å². The van der Waals surface area contributed by atoms with E-state index in [9.17, 15) is 14.7 Å². The number of anilines is 2. The van der Waals surface area contributed by atoms with E-state index in [1.165, 1.54) is 4.57 Å². The molecule has 2 rings (SSSR count). The molecule has 1 aromatic heterocycles. The van der Waals surface area contributed by atoms with Gasteiger partial charge in [0, 0.05) is 6.54 Å². The van der Waals surface area contributed by atoms with Gasteiger partial charge in [0.1, 0.15) is 11.5 Å². The maximum Gasteiger partial charge on any atom is 0.330 e. The van der Waals surface area contributed by atoms with Gasteiger partial charge in [-0.1, -0.05) is 12.8 Å². The van der Waals surface area contributed by atoms with Crippen LogP contribution in [0.2, 0.25) is 0 Å². The third kappa shape index (κ3) is 2.37. The number of aliphatic hydroxyl groups is 1. The number of rotatable bonds is 4. The molecule has 0 amide bonds. The average Bonchev–Trinajstić information content (AvgIpc) is 2.84. The molecule has 0 spiro atoms. The molecule has 0 saturated heterocycles. The van der Waals surface area contributed by atoms with E-state index in [0.29, 0.717) is 6.54 Å². The van der Waals surface area contributed by atoms with Gasteiger partial charge in [0.15, 0.2) is 0 Å². The summed E-state index contributed by atoms with van der Waals surface area (Å²) in [5, 5.41) is 12.6. The van der Waals surface area contributed by atoms with Crippen molar-refractivity contribution >= 4 is 11.5 Å². The van der Waals surface area contributed by atoms with E-state index in [4.69, 9.17) is 5.73 Å². The van der Waals surface area contributed by atoms with Crippen LogP contribution < -0.4 is 22.3 Å². The first-order chi connectivity index (χ1) is 9.03. The van der Waals surface area contributed by atoms with Gasteiger partial charge in [-0.2, -0.15) is 0 Å². The van der Waals surface area contributed by atoms with E-state index in [1.807, 2.05) is 0 Å². The number of aromatic nitrogens is 2. The Balaban J connectivity index is 2.45. The molecule has 5 N–H and O–H groups in total. The fourth-order valence-electron chi connectivity index (χ4n) is 2.66. The Bertz CT molecular complexity index is 569. The maximum absolute atomic E-state index is 11.9. The number of hydrogen-bond donors (Lipinski definition) is 4. The third-order valence-corrected chi connectivity index (χ3v) is 3.81. The van der Waals surface area contributed by atoms with Crippen LogP contribution >= 0.6 is 0 Å². The summed E-state index contributed by atoms with van der Waals surface area (Å²) >= 11 is 0. The quantitative estimate of drug-likeness (QED) is 0.607. The zero-order chi connectivity index (χ0) is 14.0. The second-order valence-corrected chi connectivity index (χ2v) is 5.03. The minimum absolute atomic E-state index is 0.0584. The number of H-pyrrole nitrogens is 1. The summed E-state index contributed by atoms with van der Waals surface area (Å²) in [6.45, 7) is 2.09. The van der Waals surface area contributed by atoms with E-state index in [1.54, 1.807) is 6.92 Å². The number of nitrogens with one attached hydrogen (secondary N) is 2. The smallest absolute Gasteiger partial charge is 0.330 e. The maximum atomic E-state index is 11.9. The largest absolute Gasteiger partial charge is 0.394 e. The highest BCUT2D eigenvalue weighted by Crippen LogP contribution is 2.32. The second-order valence-electron chi connectivity index (χ2n) is 5.03. The first-order valence-electron chi connectivity index (χ1n) is 6.54. The number of nitrogen functional groups attached to an aromatic ring is 1. The molecule has 1 heterocycles. The minimum atomic E-state index is -0.535. The normalized spacial score (nSPS) is 17.6. The summed E-state index contributed by atoms with van der Waals surface area (Å²) in [6, 6.07) is 0. The lowest BCUT2D eigenvalue weighted by Crippen LogP contribution is -2.43. The van der Waals surface area contributed by atoms with Crippen LogP contribution in [0, 0.1) is 0 Å². The number of aromatic amines is 1. The molecule has 1 saturated carbocycles. The van der Waals surface area contributed by atoms with E-state index in [-0.39, 0.29) is 18.1 Å². The lowest BCUT2D eigenvalue weighted by molar-refractivity contribution is 0.214. The lowest BCUT2D eigenvalue weighted by atomic mass is 9.98. The number of hydrogen-bond acceptors (Lipinski definition) is 5. The number of nitrogens with two attached hydrogens (primary N) is 1. The Hall–Kier alpha value is -1.76. The van der Waals surface area contributed by atoms with Crippen LogP contribution in [0.15, 0.2) is 9.59 Å². The molecule has 1 fully saturated rings. The highest BCUT2D eigenvalue weighted by atomic mass is 16.3. The molecular weight excluding hydrogens is 248 g/mol. The van der Waals surface area contributed by atoms with Crippen LogP contribution in [0.3, 0.4) is 0 Å². The molecule has 0 radical (unpaired) electrons. The van der Waals surface area contributed by atoms with Gasteiger partial charge < -0.3 is 16.2 Å². The van der Waals surface area contributed by atoms with Crippen molar-refractivity contribution in [3.8, 4) is 0 Å². The van der Waals surface area contributed by atoms with Crippen LogP contribution in [0.5, 0.6) is 0 Å². The number of nitrogens with zero attached hydrogens (tertiary/aromatic N) is 1. The van der Waals surface area contributed by atoms with Gasteiger partial charge in [-0.25, -0.2) is 4.79 Å². The molecule has 106 valence electrons. The van der Waals surface area contributed by atoms with Gasteiger partial charge in [0.25, 0.3) is 5.56 Å². The van der Waals surface area contributed by atoms with Gasteiger partial charge >= 0.3 is 5.69 Å². The summed E-state index contributed by atoms with van der Waals surface area (Å²) in [5.74, 6) is 0.121. The fraction of sp³-hybridized carbons (Fsp3) is 0.667. The van der Waals surface area contributed by atoms with E-state index in [2.05, 4.69) is 10.3 Å². The molecule has 7 nitrogen and oxygen atoms in total. The molecule has 0 unspecified atom stereocenters. The predicted octanol–water partition coefficient (Wildman–Crippen LogP) is -0.144. The Morgan fingerprint density at radius 1 is 1.42 bits per heavy atom. The van der Waals surface area contributed by atoms with Gasteiger partial charge in [0.05, 0.1) is 12.1 Å². The minimum Gasteiger partial charge on any atom is -0.394 e. The van der Waals surface area contributed by atoms with Crippen molar-refractivity contribution in [2.24, 2.45) is 0 Å². The first kappa shape index (κ1) is 13.7. The molecular formula is C12H20N4O3. The summed E-state index contributed by atoms with van der Waals surface area (Å²) < 4.78 is 1.30. The van der Waals surface area contributed by atoms with E-state index in [0.717, 1.165) is 25.7 Å². The second kappa shape index (κ2) is 5.08. The zero-order valence-corrected chi connectivity index (χ0v) is 11.0. The molecule has 0 aliphatic heterocycles. The first-order valence-corrected chi connectivity index (χ1v) is 6.54. The van der Waals surface area contributed by atoms with Crippen molar-refractivity contribution in [1.82, 2.24) is 9.55 Å². The predicted molar refractivity (Wildman–Crippen MR) is 73.3 cm³/mol. The summed E-state index contributed by atoms with van der Waals surface area (Å²) in [6.07, 6.45) is 3.57. The topological polar surface area (TPSA) is 113 Å². The number of aliphatic hydroxyl groups excluding tert-OH is 1. The monoisotopic (exact) mass is 268 g/mol. The van der Waals surface area contributed by atoms with Crippen molar-refractivity contribution in [1.29, 1.82) is 0 Å². The van der Waals surface area contributed by atoms with Crippen molar-refractivity contribution in [3.05, 3.63) is 20.8 Å². The Labute approximate surface area is 110 Å². The summed E-state index contributed by atoms with van der Waals surface area (Å²) in [5.41, 5.74) is 4.51. The SMILES string of the molecule is CCn1c(N)c(NC2(CO)CCCC2)c(=O)[nH]c1=O. The van der Waals surface area contributed by atoms with Crippen molar-refractivity contribution in [2.45, 2.75) is 44.7 Å². The van der Waals surface area contributed by atoms with E-state index < -0.39 is 16.8 Å². The highest BCUT2D eigenvalue weighted by Gasteiger charge is 2.34. The standard InChI is InChI=1S/C12H20N4O3/c1-2-16-9(13)8(10(18)14-11(16)19)15-12(7-17)5-3-4-6-12/h15,17H,2-7,13H2,1H3,(H,14,18,19).